The molecule has 1 atom stereocenters. The van der Waals surface area contributed by atoms with Gasteiger partial charge >= 0.3 is 5.97 Å². The molecule has 0 amide bonds. The van der Waals surface area contributed by atoms with Crippen LogP contribution in [0.25, 0.3) is 16.6 Å². The zero-order valence-corrected chi connectivity index (χ0v) is 20.6. The van der Waals surface area contributed by atoms with Crippen molar-refractivity contribution in [2.45, 2.75) is 39.8 Å². The van der Waals surface area contributed by atoms with Gasteiger partial charge in [0.1, 0.15) is 0 Å². The number of morpholine rings is 1. The summed E-state index contributed by atoms with van der Waals surface area (Å²) in [5, 5.41) is 0. The highest BCUT2D eigenvalue weighted by molar-refractivity contribution is 5.95. The maximum atomic E-state index is 13.1. The van der Waals surface area contributed by atoms with Gasteiger partial charge in [0, 0.05) is 56.4 Å². The topological polar surface area (TPSA) is 46.4 Å². The van der Waals surface area contributed by atoms with Crippen LogP contribution in [0, 0.1) is 6.92 Å². The lowest BCUT2D eigenvalue weighted by Crippen LogP contribution is -2.39. The Morgan fingerprint density at radius 3 is 2.48 bits per heavy atom. The van der Waals surface area contributed by atoms with Crippen molar-refractivity contribution in [3.8, 4) is 11.1 Å². The fourth-order valence-electron chi connectivity index (χ4n) is 4.70. The van der Waals surface area contributed by atoms with Gasteiger partial charge in [-0.1, -0.05) is 12.1 Å². The van der Waals surface area contributed by atoms with Crippen LogP contribution in [-0.4, -0.2) is 61.8 Å². The van der Waals surface area contributed by atoms with Gasteiger partial charge in [0.15, 0.2) is 0 Å². The first kappa shape index (κ1) is 23.3. The van der Waals surface area contributed by atoms with Gasteiger partial charge in [0.25, 0.3) is 0 Å². The number of hydrogen-bond acceptors (Lipinski definition) is 5. The summed E-state index contributed by atoms with van der Waals surface area (Å²) in [6, 6.07) is 12.8. The molecule has 1 aliphatic heterocycles. The number of benzene rings is 1. The maximum Gasteiger partial charge on any atom is 0.338 e. The van der Waals surface area contributed by atoms with E-state index >= 15 is 0 Å². The monoisotopic (exact) mass is 449 g/mol. The molecule has 1 fully saturated rings. The lowest BCUT2D eigenvalue weighted by Gasteiger charge is -2.34. The van der Waals surface area contributed by atoms with Crippen molar-refractivity contribution < 1.29 is 14.3 Å². The van der Waals surface area contributed by atoms with Crippen molar-refractivity contribution in [1.29, 1.82) is 0 Å². The predicted molar refractivity (Wildman–Crippen MR) is 133 cm³/mol. The van der Waals surface area contributed by atoms with E-state index in [2.05, 4.69) is 57.7 Å². The summed E-state index contributed by atoms with van der Waals surface area (Å²) in [5.41, 5.74) is 7.11. The van der Waals surface area contributed by atoms with E-state index in [4.69, 9.17) is 9.47 Å². The number of nitrogens with zero attached hydrogens (tertiary/aromatic N) is 3. The van der Waals surface area contributed by atoms with Crippen LogP contribution >= 0.6 is 0 Å². The highest BCUT2D eigenvalue weighted by Crippen LogP contribution is 2.35. The number of pyridine rings is 1. The van der Waals surface area contributed by atoms with Crippen LogP contribution in [0.1, 0.15) is 48.4 Å². The van der Waals surface area contributed by atoms with Crippen molar-refractivity contribution in [1.82, 2.24) is 9.30 Å². The van der Waals surface area contributed by atoms with Crippen molar-refractivity contribution in [3.63, 3.8) is 0 Å². The van der Waals surface area contributed by atoms with Gasteiger partial charge in [0.2, 0.25) is 0 Å². The Labute approximate surface area is 196 Å². The van der Waals surface area contributed by atoms with Gasteiger partial charge in [0.05, 0.1) is 30.4 Å². The molecule has 3 aromatic rings. The number of aromatic nitrogens is 1. The number of ether oxygens (including phenoxy) is 2. The van der Waals surface area contributed by atoms with Gasteiger partial charge in [-0.2, -0.15) is 0 Å². The summed E-state index contributed by atoms with van der Waals surface area (Å²) in [4.78, 5) is 17.6. The minimum atomic E-state index is -0.269. The van der Waals surface area contributed by atoms with Gasteiger partial charge in [-0.05, 0) is 63.1 Å². The SMILES string of the molecule is Cc1c(C(=O)OC(C)C)cc2c(-c3cccc(N(C)C)c3)ccn2c1C(C)N1CCOCC1. The van der Waals surface area contributed by atoms with Gasteiger partial charge in [-0.15, -0.1) is 0 Å². The lowest BCUT2D eigenvalue weighted by molar-refractivity contribution is 0.0186. The van der Waals surface area contributed by atoms with E-state index in [0.717, 1.165) is 59.9 Å². The number of carbonyl (C=O) groups excluding carboxylic acids is 1. The molecule has 176 valence electrons. The minimum absolute atomic E-state index is 0.136. The molecule has 3 heterocycles. The maximum absolute atomic E-state index is 13.1. The second-order valence-corrected chi connectivity index (χ2v) is 9.28. The first-order chi connectivity index (χ1) is 15.8. The largest absolute Gasteiger partial charge is 0.459 e. The van der Waals surface area contributed by atoms with Crippen LogP contribution in [-0.2, 0) is 9.47 Å². The van der Waals surface area contributed by atoms with Crippen molar-refractivity contribution >= 4 is 17.2 Å². The summed E-state index contributed by atoms with van der Waals surface area (Å²) >= 11 is 0. The van der Waals surface area contributed by atoms with Crippen LogP contribution in [0.15, 0.2) is 42.6 Å². The molecular weight excluding hydrogens is 414 g/mol. The Balaban J connectivity index is 1.91. The van der Waals surface area contributed by atoms with E-state index in [0.29, 0.717) is 5.56 Å². The number of hydrogen-bond donors (Lipinski definition) is 0. The van der Waals surface area contributed by atoms with Crippen LogP contribution < -0.4 is 4.90 Å². The molecule has 1 aromatic carbocycles. The Morgan fingerprint density at radius 2 is 1.82 bits per heavy atom. The third kappa shape index (κ3) is 4.63. The molecule has 0 spiro atoms. The van der Waals surface area contributed by atoms with Gasteiger partial charge in [-0.25, -0.2) is 4.79 Å². The molecule has 1 saturated heterocycles. The first-order valence-corrected chi connectivity index (χ1v) is 11.7. The summed E-state index contributed by atoms with van der Waals surface area (Å²) in [6.45, 7) is 11.2. The summed E-state index contributed by atoms with van der Waals surface area (Å²) < 4.78 is 13.5. The van der Waals surface area contributed by atoms with Crippen LogP contribution in [0.3, 0.4) is 0 Å². The second-order valence-electron chi connectivity index (χ2n) is 9.28. The number of esters is 1. The third-order valence-electron chi connectivity index (χ3n) is 6.48. The quantitative estimate of drug-likeness (QED) is 0.499. The van der Waals surface area contributed by atoms with Crippen molar-refractivity contribution in [2.75, 3.05) is 45.3 Å². The summed E-state index contributed by atoms with van der Waals surface area (Å²) in [5.74, 6) is -0.269. The number of fused-ring (bicyclic) bond motifs is 1. The van der Waals surface area contributed by atoms with Gasteiger partial charge in [-0.3, -0.25) is 4.90 Å². The van der Waals surface area contributed by atoms with Gasteiger partial charge < -0.3 is 18.8 Å². The van der Waals surface area contributed by atoms with Crippen LogP contribution in [0.4, 0.5) is 5.69 Å². The highest BCUT2D eigenvalue weighted by Gasteiger charge is 2.26. The number of carbonyl (C=O) groups is 1. The smallest absolute Gasteiger partial charge is 0.338 e. The molecule has 0 N–H and O–H groups in total. The minimum Gasteiger partial charge on any atom is -0.459 e. The summed E-state index contributed by atoms with van der Waals surface area (Å²) in [7, 11) is 4.09. The second kappa shape index (κ2) is 9.57. The zero-order chi connectivity index (χ0) is 23.7. The molecular formula is C27H35N3O3. The molecule has 1 aliphatic rings. The molecule has 4 rings (SSSR count). The van der Waals surface area contributed by atoms with Crippen molar-refractivity contribution in [2.24, 2.45) is 0 Å². The summed E-state index contributed by atoms with van der Waals surface area (Å²) in [6.07, 6.45) is 1.96. The molecule has 1 unspecified atom stereocenters. The standard InChI is InChI=1S/C27H35N3O3/c1-18(2)33-27(31)24-17-25-23(21-8-7-9-22(16-21)28(5)6)10-11-30(25)26(19(24)3)20(4)29-12-14-32-15-13-29/h7-11,16-18,20H,12-15H2,1-6H3. The Morgan fingerprint density at radius 1 is 1.09 bits per heavy atom. The molecule has 6 heteroatoms. The predicted octanol–water partition coefficient (Wildman–Crippen LogP) is 4.94. The highest BCUT2D eigenvalue weighted by atomic mass is 16.5. The number of rotatable bonds is 6. The van der Waals surface area contributed by atoms with E-state index in [1.807, 2.05) is 40.9 Å². The molecule has 0 saturated carbocycles. The average molecular weight is 450 g/mol. The van der Waals surface area contributed by atoms with Crippen LogP contribution in [0.5, 0.6) is 0 Å². The molecule has 0 aliphatic carbocycles. The van der Waals surface area contributed by atoms with Crippen LogP contribution in [0.2, 0.25) is 0 Å². The first-order valence-electron chi connectivity index (χ1n) is 11.7. The zero-order valence-electron chi connectivity index (χ0n) is 20.6. The third-order valence-corrected chi connectivity index (χ3v) is 6.48. The van der Waals surface area contributed by atoms with Crippen molar-refractivity contribution in [3.05, 3.63) is 59.4 Å². The van der Waals surface area contributed by atoms with E-state index < -0.39 is 0 Å². The Kier molecular flexibility index (Phi) is 6.77. The lowest BCUT2D eigenvalue weighted by atomic mass is 9.99. The van der Waals surface area contributed by atoms with E-state index in [-0.39, 0.29) is 18.1 Å². The van der Waals surface area contributed by atoms with E-state index in [1.54, 1.807) is 0 Å². The number of anilines is 1. The fourth-order valence-corrected chi connectivity index (χ4v) is 4.70. The normalized spacial score (nSPS) is 15.7. The average Bonchev–Trinajstić information content (AvgIpc) is 3.22. The Hall–Kier alpha value is -2.83. The molecule has 0 bridgehead atoms. The van der Waals surface area contributed by atoms with E-state index in [1.165, 1.54) is 0 Å². The Bertz CT molecular complexity index is 1140. The van der Waals surface area contributed by atoms with E-state index in [9.17, 15) is 4.79 Å². The fraction of sp³-hybridized carbons (Fsp3) is 0.444. The molecule has 6 nitrogen and oxygen atoms in total. The molecule has 0 radical (unpaired) electrons. The molecule has 33 heavy (non-hydrogen) atoms. The molecule has 2 aromatic heterocycles.